The maximum absolute atomic E-state index is 12.2. The Hall–Kier alpha value is -3.21. The summed E-state index contributed by atoms with van der Waals surface area (Å²) in [6.07, 6.45) is 0. The normalized spacial score (nSPS) is 10.3. The second-order valence-electron chi connectivity index (χ2n) is 5.75. The van der Waals surface area contributed by atoms with Crippen molar-refractivity contribution in [3.63, 3.8) is 0 Å². The summed E-state index contributed by atoms with van der Waals surface area (Å²) < 4.78 is 0. The van der Waals surface area contributed by atoms with Gasteiger partial charge in [-0.2, -0.15) is 0 Å². The van der Waals surface area contributed by atoms with E-state index in [0.717, 1.165) is 16.7 Å². The minimum atomic E-state index is -0.231. The SMILES string of the molecule is Cc1ccccc1CNC(=O)c1ccc(NCc2ccccc2)nn1. The number of benzene rings is 2. The predicted octanol–water partition coefficient (Wildman–Crippen LogP) is 3.33. The smallest absolute Gasteiger partial charge is 0.272 e. The quantitative estimate of drug-likeness (QED) is 0.726. The average Bonchev–Trinajstić information content (AvgIpc) is 2.67. The van der Waals surface area contributed by atoms with Gasteiger partial charge in [0.2, 0.25) is 0 Å². The van der Waals surface area contributed by atoms with Gasteiger partial charge in [-0.15, -0.1) is 10.2 Å². The predicted molar refractivity (Wildman–Crippen MR) is 98.1 cm³/mol. The van der Waals surface area contributed by atoms with Crippen molar-refractivity contribution in [1.82, 2.24) is 15.5 Å². The lowest BCUT2D eigenvalue weighted by molar-refractivity contribution is 0.0945. The highest BCUT2D eigenvalue weighted by molar-refractivity contribution is 5.92. The number of carbonyl (C=O) groups is 1. The first-order chi connectivity index (χ1) is 12.2. The molecule has 0 bridgehead atoms. The highest BCUT2D eigenvalue weighted by Crippen LogP contribution is 2.08. The number of aromatic nitrogens is 2. The van der Waals surface area contributed by atoms with Gasteiger partial charge in [0.15, 0.2) is 5.69 Å². The Labute approximate surface area is 147 Å². The molecule has 3 aromatic rings. The molecular formula is C20H20N4O. The molecule has 0 radical (unpaired) electrons. The minimum Gasteiger partial charge on any atom is -0.365 e. The van der Waals surface area contributed by atoms with Crippen LogP contribution in [0, 0.1) is 6.92 Å². The molecule has 0 unspecified atom stereocenters. The number of hydrogen-bond donors (Lipinski definition) is 2. The Morgan fingerprint density at radius 3 is 2.36 bits per heavy atom. The van der Waals surface area contributed by atoms with Crippen molar-refractivity contribution in [3.05, 3.63) is 89.1 Å². The zero-order valence-electron chi connectivity index (χ0n) is 14.1. The lowest BCUT2D eigenvalue weighted by Crippen LogP contribution is -2.24. The molecule has 0 atom stereocenters. The Morgan fingerprint density at radius 1 is 0.880 bits per heavy atom. The molecule has 1 amide bonds. The van der Waals surface area contributed by atoms with Crippen LogP contribution in [0.3, 0.4) is 0 Å². The molecule has 2 aromatic carbocycles. The van der Waals surface area contributed by atoms with Crippen LogP contribution in [0.1, 0.15) is 27.2 Å². The first-order valence-corrected chi connectivity index (χ1v) is 8.16. The number of rotatable bonds is 6. The lowest BCUT2D eigenvalue weighted by atomic mass is 10.1. The number of hydrogen-bond acceptors (Lipinski definition) is 4. The van der Waals surface area contributed by atoms with Crippen molar-refractivity contribution in [2.75, 3.05) is 5.32 Å². The maximum atomic E-state index is 12.2. The van der Waals surface area contributed by atoms with Crippen LogP contribution in [0.2, 0.25) is 0 Å². The van der Waals surface area contributed by atoms with E-state index in [-0.39, 0.29) is 5.91 Å². The molecule has 0 saturated carbocycles. The van der Waals surface area contributed by atoms with E-state index in [9.17, 15) is 4.79 Å². The molecule has 0 saturated heterocycles. The summed E-state index contributed by atoms with van der Waals surface area (Å²) in [5, 5.41) is 14.1. The highest BCUT2D eigenvalue weighted by atomic mass is 16.1. The zero-order chi connectivity index (χ0) is 17.5. The van der Waals surface area contributed by atoms with Gasteiger partial charge in [0.25, 0.3) is 5.91 Å². The van der Waals surface area contributed by atoms with Crippen molar-refractivity contribution in [1.29, 1.82) is 0 Å². The van der Waals surface area contributed by atoms with Crippen LogP contribution >= 0.6 is 0 Å². The number of aryl methyl sites for hydroxylation is 1. The number of nitrogens with zero attached hydrogens (tertiary/aromatic N) is 2. The van der Waals surface area contributed by atoms with Gasteiger partial charge >= 0.3 is 0 Å². The van der Waals surface area contributed by atoms with Crippen LogP contribution in [0.5, 0.6) is 0 Å². The molecule has 0 aliphatic carbocycles. The number of nitrogens with one attached hydrogen (secondary N) is 2. The molecule has 5 heteroatoms. The summed E-state index contributed by atoms with van der Waals surface area (Å²) in [4.78, 5) is 12.2. The van der Waals surface area contributed by atoms with Crippen LogP contribution in [-0.4, -0.2) is 16.1 Å². The average molecular weight is 332 g/mol. The molecule has 5 nitrogen and oxygen atoms in total. The molecule has 1 aromatic heterocycles. The zero-order valence-corrected chi connectivity index (χ0v) is 14.1. The van der Waals surface area contributed by atoms with Crippen LogP contribution in [-0.2, 0) is 13.1 Å². The van der Waals surface area contributed by atoms with Gasteiger partial charge in [-0.1, -0.05) is 54.6 Å². The number of anilines is 1. The maximum Gasteiger partial charge on any atom is 0.272 e. The molecular weight excluding hydrogens is 312 g/mol. The second kappa shape index (κ2) is 8.06. The molecule has 126 valence electrons. The molecule has 25 heavy (non-hydrogen) atoms. The van der Waals surface area contributed by atoms with Gasteiger partial charge in [0.05, 0.1) is 0 Å². The fraction of sp³-hybridized carbons (Fsp3) is 0.150. The molecule has 2 N–H and O–H groups in total. The summed E-state index contributed by atoms with van der Waals surface area (Å²) >= 11 is 0. The van der Waals surface area contributed by atoms with Gasteiger partial charge in [0, 0.05) is 13.1 Å². The number of amides is 1. The largest absolute Gasteiger partial charge is 0.365 e. The molecule has 0 aliphatic rings. The van der Waals surface area contributed by atoms with Gasteiger partial charge in [-0.3, -0.25) is 4.79 Å². The third-order valence-electron chi connectivity index (χ3n) is 3.91. The first-order valence-electron chi connectivity index (χ1n) is 8.16. The van der Waals surface area contributed by atoms with Crippen molar-refractivity contribution < 1.29 is 4.79 Å². The summed E-state index contributed by atoms with van der Waals surface area (Å²) in [6.45, 7) is 3.16. The molecule has 1 heterocycles. The number of carbonyl (C=O) groups excluding carboxylic acids is 1. The minimum absolute atomic E-state index is 0.231. The van der Waals surface area contributed by atoms with Crippen molar-refractivity contribution in [3.8, 4) is 0 Å². The highest BCUT2D eigenvalue weighted by Gasteiger charge is 2.08. The molecule has 0 aliphatic heterocycles. The third kappa shape index (κ3) is 4.64. The van der Waals surface area contributed by atoms with E-state index >= 15 is 0 Å². The third-order valence-corrected chi connectivity index (χ3v) is 3.91. The monoisotopic (exact) mass is 332 g/mol. The topological polar surface area (TPSA) is 66.9 Å². The van der Waals surface area contributed by atoms with Crippen LogP contribution in [0.4, 0.5) is 5.82 Å². The molecule has 3 rings (SSSR count). The van der Waals surface area contributed by atoms with E-state index in [1.807, 2.05) is 61.5 Å². The van der Waals surface area contributed by atoms with Gasteiger partial charge < -0.3 is 10.6 Å². The van der Waals surface area contributed by atoms with Gasteiger partial charge in [0.1, 0.15) is 5.82 Å². The van der Waals surface area contributed by atoms with E-state index in [4.69, 9.17) is 0 Å². The molecule has 0 spiro atoms. The van der Waals surface area contributed by atoms with Crippen LogP contribution < -0.4 is 10.6 Å². The summed E-state index contributed by atoms with van der Waals surface area (Å²) in [5.74, 6) is 0.407. The fourth-order valence-electron chi connectivity index (χ4n) is 2.41. The Bertz CT molecular complexity index is 832. The van der Waals surface area contributed by atoms with Crippen molar-refractivity contribution in [2.24, 2.45) is 0 Å². The van der Waals surface area contributed by atoms with E-state index in [2.05, 4.69) is 20.8 Å². The lowest BCUT2D eigenvalue weighted by Gasteiger charge is -2.08. The van der Waals surface area contributed by atoms with Crippen LogP contribution in [0.25, 0.3) is 0 Å². The van der Waals surface area contributed by atoms with E-state index < -0.39 is 0 Å². The van der Waals surface area contributed by atoms with Crippen LogP contribution in [0.15, 0.2) is 66.7 Å². The van der Waals surface area contributed by atoms with Gasteiger partial charge in [-0.25, -0.2) is 0 Å². The van der Waals surface area contributed by atoms with E-state index in [1.54, 1.807) is 12.1 Å². The van der Waals surface area contributed by atoms with Crippen molar-refractivity contribution >= 4 is 11.7 Å². The van der Waals surface area contributed by atoms with E-state index in [0.29, 0.717) is 24.6 Å². The summed E-state index contributed by atoms with van der Waals surface area (Å²) in [7, 11) is 0. The molecule has 0 fully saturated rings. The Kier molecular flexibility index (Phi) is 5.36. The second-order valence-corrected chi connectivity index (χ2v) is 5.75. The Balaban J connectivity index is 1.54. The summed E-state index contributed by atoms with van der Waals surface area (Å²) in [6, 6.07) is 21.4. The first kappa shape index (κ1) is 16.6. The standard InChI is InChI=1S/C20H20N4O/c1-15-7-5-6-10-17(15)14-22-20(25)18-11-12-19(24-23-18)21-13-16-8-3-2-4-9-16/h2-12H,13-14H2,1H3,(H,21,24)(H,22,25). The summed E-state index contributed by atoms with van der Waals surface area (Å²) in [5.41, 5.74) is 3.70. The Morgan fingerprint density at radius 2 is 1.64 bits per heavy atom. The van der Waals surface area contributed by atoms with Gasteiger partial charge in [-0.05, 0) is 35.7 Å². The van der Waals surface area contributed by atoms with E-state index in [1.165, 1.54) is 0 Å². The van der Waals surface area contributed by atoms with Crippen molar-refractivity contribution in [2.45, 2.75) is 20.0 Å². The fourth-order valence-corrected chi connectivity index (χ4v) is 2.41.